The van der Waals surface area contributed by atoms with E-state index in [9.17, 15) is 14.7 Å². The van der Waals surface area contributed by atoms with Crippen LogP contribution in [0.4, 0.5) is 0 Å². The van der Waals surface area contributed by atoms with Crippen molar-refractivity contribution in [3.63, 3.8) is 0 Å². The lowest BCUT2D eigenvalue weighted by Gasteiger charge is -2.21. The Morgan fingerprint density at radius 3 is 2.46 bits per heavy atom. The van der Waals surface area contributed by atoms with E-state index in [2.05, 4.69) is 0 Å². The van der Waals surface area contributed by atoms with E-state index in [1.54, 1.807) is 24.0 Å². The van der Waals surface area contributed by atoms with Gasteiger partial charge in [0.15, 0.2) is 6.61 Å². The molecule has 5 nitrogen and oxygen atoms in total. The third-order valence-corrected chi connectivity index (χ3v) is 3.74. The van der Waals surface area contributed by atoms with Gasteiger partial charge in [0.1, 0.15) is 11.3 Å². The van der Waals surface area contributed by atoms with Crippen molar-refractivity contribution in [3.8, 4) is 5.75 Å². The zero-order valence-electron chi connectivity index (χ0n) is 13.9. The van der Waals surface area contributed by atoms with E-state index in [1.807, 2.05) is 37.3 Å². The monoisotopic (exact) mass is 327 g/mol. The average Bonchev–Trinajstić information content (AvgIpc) is 2.60. The Balaban J connectivity index is 1.95. The molecule has 0 aliphatic rings. The number of aryl methyl sites for hydroxylation is 1. The lowest BCUT2D eigenvalue weighted by atomic mass is 10.1. The lowest BCUT2D eigenvalue weighted by Crippen LogP contribution is -2.34. The highest BCUT2D eigenvalue weighted by molar-refractivity contribution is 5.94. The highest BCUT2D eigenvalue weighted by atomic mass is 16.5. The number of hydrogen-bond acceptors (Lipinski definition) is 4. The molecule has 0 saturated heterocycles. The maximum atomic E-state index is 12.3. The number of hydrogen-bond donors (Lipinski definition) is 1. The predicted octanol–water partition coefficient (Wildman–Crippen LogP) is 2.91. The number of aromatic hydroxyl groups is 1. The smallest absolute Gasteiger partial charge is 0.342 e. The van der Waals surface area contributed by atoms with Crippen LogP contribution in [-0.2, 0) is 16.1 Å². The van der Waals surface area contributed by atoms with Crippen LogP contribution in [0.1, 0.15) is 28.4 Å². The molecule has 1 N–H and O–H groups in total. The number of benzene rings is 2. The van der Waals surface area contributed by atoms with E-state index < -0.39 is 5.97 Å². The molecule has 0 radical (unpaired) electrons. The maximum Gasteiger partial charge on any atom is 0.342 e. The Morgan fingerprint density at radius 2 is 1.79 bits per heavy atom. The van der Waals surface area contributed by atoms with Gasteiger partial charge in [-0.25, -0.2) is 4.79 Å². The molecular formula is C19H21NO4. The molecule has 0 aliphatic carbocycles. The minimum Gasteiger partial charge on any atom is -0.507 e. The molecule has 0 heterocycles. The SMILES string of the molecule is CCN(Cc1ccccc1)C(=O)COC(=O)c1cccc(C)c1O. The molecule has 24 heavy (non-hydrogen) atoms. The molecule has 0 aliphatic heterocycles. The molecule has 0 fully saturated rings. The van der Waals surface area contributed by atoms with Gasteiger partial charge in [-0.15, -0.1) is 0 Å². The summed E-state index contributed by atoms with van der Waals surface area (Å²) in [6, 6.07) is 14.4. The second-order valence-corrected chi connectivity index (χ2v) is 5.44. The van der Waals surface area contributed by atoms with E-state index in [0.717, 1.165) is 5.56 Å². The molecule has 0 atom stereocenters. The van der Waals surface area contributed by atoms with Crippen LogP contribution in [0.3, 0.4) is 0 Å². The van der Waals surface area contributed by atoms with Crippen LogP contribution in [0.25, 0.3) is 0 Å². The molecular weight excluding hydrogens is 306 g/mol. The zero-order valence-corrected chi connectivity index (χ0v) is 13.9. The number of amides is 1. The van der Waals surface area contributed by atoms with E-state index in [-0.39, 0.29) is 23.8 Å². The topological polar surface area (TPSA) is 66.8 Å². The van der Waals surface area contributed by atoms with Gasteiger partial charge in [-0.2, -0.15) is 0 Å². The Bertz CT molecular complexity index is 713. The number of likely N-dealkylation sites (N-methyl/N-ethyl adjacent to an activating group) is 1. The molecule has 0 spiro atoms. The minimum atomic E-state index is -0.708. The van der Waals surface area contributed by atoms with E-state index in [0.29, 0.717) is 18.7 Å². The molecule has 5 heteroatoms. The molecule has 2 aromatic carbocycles. The number of phenols is 1. The Hall–Kier alpha value is -2.82. The first-order valence-corrected chi connectivity index (χ1v) is 7.80. The van der Waals surface area contributed by atoms with Gasteiger partial charge in [0.05, 0.1) is 0 Å². The Labute approximate surface area is 141 Å². The fourth-order valence-corrected chi connectivity index (χ4v) is 2.30. The summed E-state index contributed by atoms with van der Waals surface area (Å²) in [6.45, 7) is 4.18. The zero-order chi connectivity index (χ0) is 17.5. The summed E-state index contributed by atoms with van der Waals surface area (Å²) in [6.07, 6.45) is 0. The van der Waals surface area contributed by atoms with E-state index in [4.69, 9.17) is 4.74 Å². The molecule has 2 rings (SSSR count). The molecule has 0 aromatic heterocycles. The summed E-state index contributed by atoms with van der Waals surface area (Å²) in [7, 11) is 0. The minimum absolute atomic E-state index is 0.0638. The average molecular weight is 327 g/mol. The summed E-state index contributed by atoms with van der Waals surface area (Å²) in [5.74, 6) is -1.10. The number of phenolic OH excluding ortho intramolecular Hbond substituents is 1. The van der Waals surface area contributed by atoms with Gasteiger partial charge in [0, 0.05) is 13.1 Å². The van der Waals surface area contributed by atoms with Crippen molar-refractivity contribution < 1.29 is 19.4 Å². The van der Waals surface area contributed by atoms with Gasteiger partial charge >= 0.3 is 5.97 Å². The van der Waals surface area contributed by atoms with Crippen LogP contribution in [0.5, 0.6) is 5.75 Å². The first-order chi connectivity index (χ1) is 11.5. The standard InChI is InChI=1S/C19H21NO4/c1-3-20(12-15-9-5-4-6-10-15)17(21)13-24-19(23)16-11-7-8-14(2)18(16)22/h4-11,22H,3,12-13H2,1-2H3. The number of para-hydroxylation sites is 1. The second-order valence-electron chi connectivity index (χ2n) is 5.44. The Morgan fingerprint density at radius 1 is 1.08 bits per heavy atom. The first kappa shape index (κ1) is 17.5. The van der Waals surface area contributed by atoms with Gasteiger partial charge < -0.3 is 14.7 Å². The van der Waals surface area contributed by atoms with Crippen LogP contribution >= 0.6 is 0 Å². The summed E-state index contributed by atoms with van der Waals surface area (Å²) >= 11 is 0. The van der Waals surface area contributed by atoms with Gasteiger partial charge in [-0.1, -0.05) is 42.5 Å². The van der Waals surface area contributed by atoms with Crippen molar-refractivity contribution in [2.45, 2.75) is 20.4 Å². The Kier molecular flexibility index (Phi) is 5.95. The van der Waals surface area contributed by atoms with Gasteiger partial charge in [-0.3, -0.25) is 4.79 Å². The molecule has 126 valence electrons. The molecule has 0 unspecified atom stereocenters. The van der Waals surface area contributed by atoms with Crippen molar-refractivity contribution in [1.82, 2.24) is 4.90 Å². The largest absolute Gasteiger partial charge is 0.507 e. The van der Waals surface area contributed by atoms with Crippen molar-refractivity contribution in [1.29, 1.82) is 0 Å². The van der Waals surface area contributed by atoms with Crippen LogP contribution in [-0.4, -0.2) is 35.0 Å². The normalized spacial score (nSPS) is 10.2. The molecule has 0 saturated carbocycles. The van der Waals surface area contributed by atoms with Crippen molar-refractivity contribution in [3.05, 3.63) is 65.2 Å². The van der Waals surface area contributed by atoms with E-state index >= 15 is 0 Å². The number of nitrogens with zero attached hydrogens (tertiary/aromatic N) is 1. The first-order valence-electron chi connectivity index (χ1n) is 7.80. The van der Waals surface area contributed by atoms with Crippen LogP contribution in [0.2, 0.25) is 0 Å². The van der Waals surface area contributed by atoms with Crippen LogP contribution < -0.4 is 0 Å². The lowest BCUT2D eigenvalue weighted by molar-refractivity contribution is -0.134. The van der Waals surface area contributed by atoms with E-state index in [1.165, 1.54) is 6.07 Å². The summed E-state index contributed by atoms with van der Waals surface area (Å²) in [5.41, 5.74) is 1.65. The highest BCUT2D eigenvalue weighted by Crippen LogP contribution is 2.22. The summed E-state index contributed by atoms with van der Waals surface area (Å²) in [5, 5.41) is 9.89. The van der Waals surface area contributed by atoms with Gasteiger partial charge in [-0.05, 0) is 31.0 Å². The van der Waals surface area contributed by atoms with Gasteiger partial charge in [0.2, 0.25) is 0 Å². The van der Waals surface area contributed by atoms with Crippen molar-refractivity contribution in [2.75, 3.05) is 13.2 Å². The van der Waals surface area contributed by atoms with Gasteiger partial charge in [0.25, 0.3) is 5.91 Å². The number of ether oxygens (including phenoxy) is 1. The summed E-state index contributed by atoms with van der Waals surface area (Å²) in [4.78, 5) is 25.9. The number of rotatable bonds is 6. The number of carbonyl (C=O) groups excluding carboxylic acids is 2. The van der Waals surface area contributed by atoms with Crippen LogP contribution in [0.15, 0.2) is 48.5 Å². The van der Waals surface area contributed by atoms with Crippen molar-refractivity contribution >= 4 is 11.9 Å². The fourth-order valence-electron chi connectivity index (χ4n) is 2.30. The number of esters is 1. The fraction of sp³-hybridized carbons (Fsp3) is 0.263. The highest BCUT2D eigenvalue weighted by Gasteiger charge is 2.18. The van der Waals surface area contributed by atoms with Crippen LogP contribution in [0, 0.1) is 6.92 Å². The van der Waals surface area contributed by atoms with Crippen molar-refractivity contribution in [2.24, 2.45) is 0 Å². The second kappa shape index (κ2) is 8.15. The summed E-state index contributed by atoms with van der Waals surface area (Å²) < 4.78 is 5.06. The molecule has 2 aromatic rings. The number of carbonyl (C=O) groups is 2. The third-order valence-electron chi connectivity index (χ3n) is 3.74. The predicted molar refractivity (Wildman–Crippen MR) is 90.7 cm³/mol. The molecule has 0 bridgehead atoms. The third kappa shape index (κ3) is 4.35. The molecule has 1 amide bonds. The maximum absolute atomic E-state index is 12.3. The quantitative estimate of drug-likeness (QED) is 0.829.